The van der Waals surface area contributed by atoms with E-state index in [9.17, 15) is 0 Å². The Labute approximate surface area is 168 Å². The summed E-state index contributed by atoms with van der Waals surface area (Å²) in [5, 5.41) is 1.09. The van der Waals surface area contributed by atoms with Gasteiger partial charge in [0.05, 0.1) is 22.1 Å². The maximum Gasteiger partial charge on any atom is 0.156 e. The zero-order valence-corrected chi connectivity index (χ0v) is 16.7. The van der Waals surface area contributed by atoms with Crippen LogP contribution in [-0.2, 0) is 0 Å². The monoisotopic (exact) mass is 394 g/mol. The fourth-order valence-electron chi connectivity index (χ4n) is 2.72. The molecule has 0 saturated carbocycles. The molecule has 0 aliphatic carbocycles. The van der Waals surface area contributed by atoms with Crippen molar-refractivity contribution < 1.29 is 0 Å². The molecule has 3 rings (SSSR count). The molecule has 0 spiro atoms. The predicted octanol–water partition coefficient (Wildman–Crippen LogP) is 5.61. The molecule has 136 valence electrons. The molecule has 3 aromatic rings. The summed E-state index contributed by atoms with van der Waals surface area (Å²) < 4.78 is 0. The van der Waals surface area contributed by atoms with Crippen molar-refractivity contribution >= 4 is 45.9 Å². The van der Waals surface area contributed by atoms with Crippen LogP contribution in [0.15, 0.2) is 60.3 Å². The maximum absolute atomic E-state index is 6.10. The normalized spacial score (nSPS) is 11.4. The number of hydrogen-bond acceptors (Lipinski definition) is 5. The number of hydrogen-bond donors (Lipinski definition) is 1. The first-order valence-electron chi connectivity index (χ1n) is 8.26. The predicted molar refractivity (Wildman–Crippen MR) is 116 cm³/mol. The molecule has 4 nitrogen and oxygen atoms in total. The van der Waals surface area contributed by atoms with Crippen molar-refractivity contribution in [3.05, 3.63) is 72.2 Å². The van der Waals surface area contributed by atoms with E-state index in [1.807, 2.05) is 61.7 Å². The van der Waals surface area contributed by atoms with Gasteiger partial charge in [-0.25, -0.2) is 9.97 Å². The molecule has 0 fully saturated rings. The van der Waals surface area contributed by atoms with Crippen LogP contribution in [-0.4, -0.2) is 21.2 Å². The van der Waals surface area contributed by atoms with Gasteiger partial charge in [-0.15, -0.1) is 11.8 Å². The number of allylic oxidation sites excluding steroid dienone is 1. The van der Waals surface area contributed by atoms with Crippen LogP contribution >= 0.6 is 23.4 Å². The van der Waals surface area contributed by atoms with Gasteiger partial charge in [-0.3, -0.25) is 4.98 Å². The molecule has 6 heteroatoms. The van der Waals surface area contributed by atoms with E-state index in [2.05, 4.69) is 16.5 Å². The number of nitrogens with zero attached hydrogens (tertiary/aromatic N) is 3. The molecule has 27 heavy (non-hydrogen) atoms. The van der Waals surface area contributed by atoms with Crippen molar-refractivity contribution in [1.29, 1.82) is 0 Å². The van der Waals surface area contributed by atoms with Crippen molar-refractivity contribution in [3.8, 4) is 11.3 Å². The molecule has 2 heterocycles. The summed E-state index contributed by atoms with van der Waals surface area (Å²) in [7, 11) is 0. The van der Waals surface area contributed by atoms with Gasteiger partial charge in [0, 0.05) is 17.3 Å². The minimum Gasteiger partial charge on any atom is -0.381 e. The van der Waals surface area contributed by atoms with Crippen molar-refractivity contribution in [2.24, 2.45) is 0 Å². The number of aromatic nitrogens is 3. The zero-order valence-electron chi connectivity index (χ0n) is 15.1. The maximum atomic E-state index is 6.10. The molecule has 1 aromatic carbocycles. The third-order valence-electron chi connectivity index (χ3n) is 3.97. The average Bonchev–Trinajstić information content (AvgIpc) is 2.68. The molecule has 2 N–H and O–H groups in total. The van der Waals surface area contributed by atoms with Gasteiger partial charge in [-0.1, -0.05) is 54.6 Å². The Morgan fingerprint density at radius 3 is 2.52 bits per heavy atom. The Balaban J connectivity index is 2.19. The lowest BCUT2D eigenvalue weighted by atomic mass is 10.0. The van der Waals surface area contributed by atoms with Gasteiger partial charge in [-0.05, 0) is 30.9 Å². The topological polar surface area (TPSA) is 64.7 Å². The zero-order chi connectivity index (χ0) is 19.4. The number of pyridine rings is 1. The van der Waals surface area contributed by atoms with E-state index < -0.39 is 0 Å². The number of nitrogen functional groups attached to an aromatic ring is 1. The molecule has 2 aromatic heterocycles. The van der Waals surface area contributed by atoms with Gasteiger partial charge in [0.25, 0.3) is 0 Å². The van der Waals surface area contributed by atoms with Crippen LogP contribution in [0.1, 0.15) is 23.9 Å². The van der Waals surface area contributed by atoms with Gasteiger partial charge >= 0.3 is 0 Å². The van der Waals surface area contributed by atoms with E-state index in [1.54, 1.807) is 6.20 Å². The second-order valence-corrected chi connectivity index (χ2v) is 7.11. The lowest BCUT2D eigenvalue weighted by molar-refractivity contribution is 1.05. The van der Waals surface area contributed by atoms with Crippen molar-refractivity contribution in [3.63, 3.8) is 0 Å². The van der Waals surface area contributed by atoms with E-state index in [0.29, 0.717) is 21.6 Å². The van der Waals surface area contributed by atoms with Crippen LogP contribution in [0.2, 0.25) is 0 Å². The third kappa shape index (κ3) is 4.21. The van der Waals surface area contributed by atoms with Gasteiger partial charge in [0.1, 0.15) is 5.03 Å². The second-order valence-electron chi connectivity index (χ2n) is 5.85. The Morgan fingerprint density at radius 2 is 1.85 bits per heavy atom. The lowest BCUT2D eigenvalue weighted by Gasteiger charge is -2.13. The highest BCUT2D eigenvalue weighted by molar-refractivity contribution is 7.98. The molecule has 0 atom stereocenters. The number of nitrogens with two attached hydrogens (primary N) is 1. The van der Waals surface area contributed by atoms with Crippen molar-refractivity contribution in [2.45, 2.75) is 11.9 Å². The standard InChI is InChI=1S/C21H19ClN4S/c1-13(12-16-10-7-11-24-18(16)14(2)22)17-19(15-8-5-4-6-9-15)25-20(23)21(26-17)27-3/h4-12H,2H2,1,3H3,(H2,23,25)/b13-12+. The van der Waals surface area contributed by atoms with E-state index >= 15 is 0 Å². The fraction of sp³-hybridized carbons (Fsp3) is 0.0952. The molecule has 0 aliphatic heterocycles. The summed E-state index contributed by atoms with van der Waals surface area (Å²) >= 11 is 7.57. The Hall–Kier alpha value is -2.63. The molecular formula is C21H19ClN4S. The van der Waals surface area contributed by atoms with Crippen LogP contribution in [0, 0.1) is 0 Å². The number of halogens is 1. The molecule has 0 radical (unpaired) electrons. The van der Waals surface area contributed by atoms with Crippen LogP contribution in [0.25, 0.3) is 27.9 Å². The summed E-state index contributed by atoms with van der Waals surface area (Å²) in [6.45, 7) is 5.79. The molecule has 0 amide bonds. The van der Waals surface area contributed by atoms with Crippen LogP contribution in [0.5, 0.6) is 0 Å². The van der Waals surface area contributed by atoms with Crippen LogP contribution in [0.4, 0.5) is 5.82 Å². The molecule has 0 bridgehead atoms. The number of rotatable bonds is 5. The van der Waals surface area contributed by atoms with Crippen molar-refractivity contribution in [2.75, 3.05) is 12.0 Å². The Bertz CT molecular complexity index is 1020. The largest absolute Gasteiger partial charge is 0.381 e. The summed E-state index contributed by atoms with van der Waals surface area (Å²) in [6.07, 6.45) is 5.62. The highest BCUT2D eigenvalue weighted by Gasteiger charge is 2.15. The van der Waals surface area contributed by atoms with Gasteiger partial charge in [0.2, 0.25) is 0 Å². The van der Waals surface area contributed by atoms with E-state index in [1.165, 1.54) is 11.8 Å². The number of benzene rings is 1. The van der Waals surface area contributed by atoms with Crippen LogP contribution < -0.4 is 5.73 Å². The highest BCUT2D eigenvalue weighted by Crippen LogP contribution is 2.32. The van der Waals surface area contributed by atoms with Gasteiger partial charge < -0.3 is 5.73 Å². The highest BCUT2D eigenvalue weighted by atomic mass is 35.5. The van der Waals surface area contributed by atoms with E-state index in [0.717, 1.165) is 28.1 Å². The van der Waals surface area contributed by atoms with Gasteiger partial charge in [-0.2, -0.15) is 0 Å². The Kier molecular flexibility index (Phi) is 5.94. The second kappa shape index (κ2) is 8.37. The minimum atomic E-state index is 0.395. The first-order valence-corrected chi connectivity index (χ1v) is 9.87. The lowest BCUT2D eigenvalue weighted by Crippen LogP contribution is -2.03. The summed E-state index contributed by atoms with van der Waals surface area (Å²) in [5.41, 5.74) is 11.0. The first-order chi connectivity index (χ1) is 13.0. The van der Waals surface area contributed by atoms with Gasteiger partial charge in [0.15, 0.2) is 5.82 Å². The van der Waals surface area contributed by atoms with E-state index in [4.69, 9.17) is 22.3 Å². The minimum absolute atomic E-state index is 0.395. The average molecular weight is 395 g/mol. The third-order valence-corrected chi connectivity index (χ3v) is 4.84. The quantitative estimate of drug-likeness (QED) is 0.569. The first kappa shape index (κ1) is 19.1. The molecule has 0 aliphatic rings. The van der Waals surface area contributed by atoms with Crippen LogP contribution in [0.3, 0.4) is 0 Å². The molecular weight excluding hydrogens is 376 g/mol. The van der Waals surface area contributed by atoms with E-state index in [-0.39, 0.29) is 0 Å². The molecule has 0 unspecified atom stereocenters. The summed E-state index contributed by atoms with van der Waals surface area (Å²) in [5.74, 6) is 0.425. The number of thioether (sulfide) groups is 1. The molecule has 0 saturated heterocycles. The SMILES string of the molecule is C=C(Cl)c1ncccc1/C=C(\C)c1nc(SC)c(N)nc1-c1ccccc1. The summed E-state index contributed by atoms with van der Waals surface area (Å²) in [6, 6.07) is 13.7. The summed E-state index contributed by atoms with van der Waals surface area (Å²) in [4.78, 5) is 13.7. The smallest absolute Gasteiger partial charge is 0.156 e. The fourth-order valence-corrected chi connectivity index (χ4v) is 3.31. The van der Waals surface area contributed by atoms with Crippen molar-refractivity contribution in [1.82, 2.24) is 15.0 Å². The Morgan fingerprint density at radius 1 is 1.11 bits per heavy atom. The number of anilines is 1.